The lowest BCUT2D eigenvalue weighted by Crippen LogP contribution is -2.22. The average molecular weight is 294 g/mol. The Bertz CT molecular complexity index is 399. The van der Waals surface area contributed by atoms with E-state index in [1.54, 1.807) is 0 Å². The molecule has 20 heavy (non-hydrogen) atoms. The number of rotatable bonds is 7. The Morgan fingerprint density at radius 3 is 2.55 bits per heavy atom. The Balaban J connectivity index is 1.53. The highest BCUT2D eigenvalue weighted by molar-refractivity contribution is 7.99. The number of carboxylic acid groups (broad SMARTS) is 1. The molecular formula is C16H22O3S. The van der Waals surface area contributed by atoms with Crippen molar-refractivity contribution in [1.29, 1.82) is 0 Å². The van der Waals surface area contributed by atoms with E-state index in [0.717, 1.165) is 50.2 Å². The molecule has 3 nitrogen and oxygen atoms in total. The maximum atomic E-state index is 10.9. The van der Waals surface area contributed by atoms with Gasteiger partial charge in [0.25, 0.3) is 0 Å². The van der Waals surface area contributed by atoms with Crippen LogP contribution in [-0.4, -0.2) is 28.7 Å². The molecule has 1 N–H and O–H groups in total. The van der Waals surface area contributed by atoms with Crippen LogP contribution in [0.3, 0.4) is 0 Å². The molecule has 1 aromatic rings. The summed E-state index contributed by atoms with van der Waals surface area (Å²) in [5, 5.41) is 9.60. The third-order valence-electron chi connectivity index (χ3n) is 3.68. The first kappa shape index (κ1) is 15.2. The van der Waals surface area contributed by atoms with Crippen LogP contribution < -0.4 is 4.74 Å². The van der Waals surface area contributed by atoms with E-state index >= 15 is 0 Å². The molecule has 2 rings (SSSR count). The normalized spacial score (nSPS) is 22.4. The highest BCUT2D eigenvalue weighted by Gasteiger charge is 2.25. The van der Waals surface area contributed by atoms with E-state index in [1.165, 1.54) is 0 Å². The van der Waals surface area contributed by atoms with Crippen molar-refractivity contribution in [2.24, 2.45) is 5.92 Å². The fourth-order valence-electron chi connectivity index (χ4n) is 2.49. The van der Waals surface area contributed by atoms with Gasteiger partial charge in [0.15, 0.2) is 0 Å². The van der Waals surface area contributed by atoms with Gasteiger partial charge in [-0.3, -0.25) is 4.79 Å². The van der Waals surface area contributed by atoms with Gasteiger partial charge in [-0.25, -0.2) is 0 Å². The minimum Gasteiger partial charge on any atom is -0.494 e. The summed E-state index contributed by atoms with van der Waals surface area (Å²) in [5.74, 6) is 1.30. The molecule has 1 saturated carbocycles. The number of thioether (sulfide) groups is 1. The Morgan fingerprint density at radius 1 is 1.20 bits per heavy atom. The van der Waals surface area contributed by atoms with E-state index in [2.05, 4.69) is 0 Å². The Morgan fingerprint density at radius 2 is 1.90 bits per heavy atom. The Hall–Kier alpha value is -1.16. The van der Waals surface area contributed by atoms with Gasteiger partial charge < -0.3 is 9.84 Å². The van der Waals surface area contributed by atoms with Crippen LogP contribution in [0.4, 0.5) is 0 Å². The topological polar surface area (TPSA) is 46.5 Å². The van der Waals surface area contributed by atoms with Crippen molar-refractivity contribution >= 4 is 17.7 Å². The fraction of sp³-hybridized carbons (Fsp3) is 0.562. The van der Waals surface area contributed by atoms with Crippen molar-refractivity contribution in [2.45, 2.75) is 37.4 Å². The van der Waals surface area contributed by atoms with E-state index in [4.69, 9.17) is 9.84 Å². The van der Waals surface area contributed by atoms with Crippen molar-refractivity contribution in [2.75, 3.05) is 12.4 Å². The molecule has 0 amide bonds. The second kappa shape index (κ2) is 8.20. The van der Waals surface area contributed by atoms with E-state index in [1.807, 2.05) is 42.1 Å². The zero-order chi connectivity index (χ0) is 14.2. The van der Waals surface area contributed by atoms with Crippen LogP contribution in [0.2, 0.25) is 0 Å². The summed E-state index contributed by atoms with van der Waals surface area (Å²) in [7, 11) is 0. The molecule has 1 aliphatic rings. The largest absolute Gasteiger partial charge is 0.494 e. The van der Waals surface area contributed by atoms with E-state index in [0.29, 0.717) is 5.25 Å². The second-order valence-electron chi connectivity index (χ2n) is 5.20. The molecule has 110 valence electrons. The number of aliphatic carboxylic acids is 1. The lowest BCUT2D eigenvalue weighted by Gasteiger charge is -2.25. The number of para-hydroxylation sites is 1. The number of carbonyl (C=O) groups is 1. The summed E-state index contributed by atoms with van der Waals surface area (Å²) in [5.41, 5.74) is 0. The number of carboxylic acids is 1. The van der Waals surface area contributed by atoms with Gasteiger partial charge in [0.1, 0.15) is 5.75 Å². The van der Waals surface area contributed by atoms with Gasteiger partial charge in [-0.05, 0) is 50.0 Å². The van der Waals surface area contributed by atoms with E-state index < -0.39 is 5.97 Å². The zero-order valence-electron chi connectivity index (χ0n) is 11.7. The molecule has 0 unspecified atom stereocenters. The average Bonchev–Trinajstić information content (AvgIpc) is 2.48. The van der Waals surface area contributed by atoms with E-state index in [9.17, 15) is 4.79 Å². The molecule has 0 saturated heterocycles. The van der Waals surface area contributed by atoms with Gasteiger partial charge >= 0.3 is 5.97 Å². The van der Waals surface area contributed by atoms with Gasteiger partial charge in [0.05, 0.1) is 12.5 Å². The summed E-state index contributed by atoms with van der Waals surface area (Å²) in [6, 6.07) is 9.88. The van der Waals surface area contributed by atoms with Crippen LogP contribution in [0.25, 0.3) is 0 Å². The predicted molar refractivity (Wildman–Crippen MR) is 82.4 cm³/mol. The smallest absolute Gasteiger partial charge is 0.306 e. The summed E-state index contributed by atoms with van der Waals surface area (Å²) in [4.78, 5) is 10.9. The van der Waals surface area contributed by atoms with E-state index in [-0.39, 0.29) is 5.92 Å². The Kier molecular flexibility index (Phi) is 6.25. The molecule has 0 radical (unpaired) electrons. The molecule has 0 aromatic heterocycles. The lowest BCUT2D eigenvalue weighted by molar-refractivity contribution is -0.142. The molecular weight excluding hydrogens is 272 g/mol. The van der Waals surface area contributed by atoms with Gasteiger partial charge in [0.2, 0.25) is 0 Å². The van der Waals surface area contributed by atoms with Crippen molar-refractivity contribution in [1.82, 2.24) is 0 Å². The monoisotopic (exact) mass is 294 g/mol. The van der Waals surface area contributed by atoms with Crippen molar-refractivity contribution in [3.8, 4) is 5.75 Å². The molecule has 1 aliphatic carbocycles. The molecule has 0 bridgehead atoms. The van der Waals surface area contributed by atoms with Crippen LogP contribution >= 0.6 is 11.8 Å². The number of hydrogen-bond donors (Lipinski definition) is 1. The lowest BCUT2D eigenvalue weighted by atomic mass is 9.89. The summed E-state index contributed by atoms with van der Waals surface area (Å²) < 4.78 is 5.65. The quantitative estimate of drug-likeness (QED) is 0.776. The van der Waals surface area contributed by atoms with Gasteiger partial charge in [0, 0.05) is 5.25 Å². The van der Waals surface area contributed by atoms with Crippen LogP contribution in [0.5, 0.6) is 5.75 Å². The standard InChI is InChI=1S/C16H22O3S/c17-16(18)13-7-9-15(10-8-13)20-12-4-11-19-14-5-2-1-3-6-14/h1-3,5-6,13,15H,4,7-12H2,(H,17,18). The van der Waals surface area contributed by atoms with Crippen LogP contribution in [-0.2, 0) is 4.79 Å². The third kappa shape index (κ3) is 5.08. The van der Waals surface area contributed by atoms with Crippen molar-refractivity contribution < 1.29 is 14.6 Å². The number of hydrogen-bond acceptors (Lipinski definition) is 3. The first-order valence-electron chi connectivity index (χ1n) is 7.28. The molecule has 1 fully saturated rings. The van der Waals surface area contributed by atoms with Gasteiger partial charge in [-0.1, -0.05) is 18.2 Å². The predicted octanol–water partition coefficient (Wildman–Crippen LogP) is 3.83. The first-order valence-corrected chi connectivity index (χ1v) is 8.33. The van der Waals surface area contributed by atoms with Gasteiger partial charge in [-0.15, -0.1) is 0 Å². The second-order valence-corrected chi connectivity index (χ2v) is 6.61. The number of ether oxygens (including phenoxy) is 1. The van der Waals surface area contributed by atoms with Crippen LogP contribution in [0, 0.1) is 5.92 Å². The summed E-state index contributed by atoms with van der Waals surface area (Å²) >= 11 is 1.97. The molecule has 0 spiro atoms. The summed E-state index contributed by atoms with van der Waals surface area (Å²) in [6.45, 7) is 0.751. The zero-order valence-corrected chi connectivity index (χ0v) is 12.5. The third-order valence-corrected chi connectivity index (χ3v) is 5.14. The van der Waals surface area contributed by atoms with Crippen LogP contribution in [0.15, 0.2) is 30.3 Å². The Labute approximate surface area is 124 Å². The van der Waals surface area contributed by atoms with Crippen molar-refractivity contribution in [3.63, 3.8) is 0 Å². The molecule has 0 atom stereocenters. The molecule has 1 aromatic carbocycles. The minimum atomic E-state index is -0.621. The van der Waals surface area contributed by atoms with Crippen molar-refractivity contribution in [3.05, 3.63) is 30.3 Å². The molecule has 0 aliphatic heterocycles. The molecule has 4 heteroatoms. The number of benzene rings is 1. The fourth-order valence-corrected chi connectivity index (χ4v) is 3.72. The first-order chi connectivity index (χ1) is 9.75. The maximum absolute atomic E-state index is 10.9. The maximum Gasteiger partial charge on any atom is 0.306 e. The molecule has 0 heterocycles. The minimum absolute atomic E-state index is 0.103. The summed E-state index contributed by atoms with van der Waals surface area (Å²) in [6.07, 6.45) is 4.81. The highest BCUT2D eigenvalue weighted by Crippen LogP contribution is 2.32. The SMILES string of the molecule is O=C(O)C1CCC(SCCCOc2ccccc2)CC1. The highest BCUT2D eigenvalue weighted by atomic mass is 32.2. The van der Waals surface area contributed by atoms with Crippen LogP contribution in [0.1, 0.15) is 32.1 Å². The van der Waals surface area contributed by atoms with Gasteiger partial charge in [-0.2, -0.15) is 11.8 Å².